The third-order valence-electron chi connectivity index (χ3n) is 3.08. The number of nitrogens with one attached hydrogen (secondary N) is 2. The Balaban J connectivity index is 2.55. The summed E-state index contributed by atoms with van der Waals surface area (Å²) in [5.74, 6) is -0.0760. The van der Waals surface area contributed by atoms with E-state index >= 15 is 0 Å². The molecule has 0 bridgehead atoms. The van der Waals surface area contributed by atoms with Crippen LogP contribution >= 0.6 is 0 Å². The van der Waals surface area contributed by atoms with Crippen LogP contribution in [0.15, 0.2) is 0 Å². The van der Waals surface area contributed by atoms with Crippen molar-refractivity contribution in [3.63, 3.8) is 0 Å². The lowest BCUT2D eigenvalue weighted by Crippen LogP contribution is -2.31. The highest BCUT2D eigenvalue weighted by Gasteiger charge is 2.26. The van der Waals surface area contributed by atoms with Crippen LogP contribution in [0, 0.1) is 6.92 Å². The van der Waals surface area contributed by atoms with Crippen molar-refractivity contribution < 1.29 is 9.59 Å². The molecule has 0 radical (unpaired) electrons. The Kier molecular flexibility index (Phi) is 2.58. The lowest BCUT2D eigenvalue weighted by molar-refractivity contribution is 0.0937. The van der Waals surface area contributed by atoms with Gasteiger partial charge < -0.3 is 10.3 Å². The van der Waals surface area contributed by atoms with Crippen LogP contribution in [0.5, 0.6) is 0 Å². The number of hydrogen-bond acceptors (Lipinski definition) is 2. The van der Waals surface area contributed by atoms with Crippen molar-refractivity contribution in [2.75, 3.05) is 0 Å². The predicted molar refractivity (Wildman–Crippen MR) is 60.8 cm³/mol. The van der Waals surface area contributed by atoms with Crippen molar-refractivity contribution in [1.82, 2.24) is 10.3 Å². The van der Waals surface area contributed by atoms with E-state index in [1.54, 1.807) is 6.92 Å². The minimum Gasteiger partial charge on any atom is -0.354 e. The topological polar surface area (TPSA) is 62.0 Å². The minimum atomic E-state index is -0.101. The largest absolute Gasteiger partial charge is 0.354 e. The van der Waals surface area contributed by atoms with Crippen molar-refractivity contribution >= 4 is 11.7 Å². The maximum Gasteiger partial charge on any atom is 0.268 e. The van der Waals surface area contributed by atoms with E-state index in [-0.39, 0.29) is 17.7 Å². The Morgan fingerprint density at radius 3 is 2.75 bits per heavy atom. The third-order valence-corrected chi connectivity index (χ3v) is 3.08. The van der Waals surface area contributed by atoms with Crippen molar-refractivity contribution in [2.24, 2.45) is 0 Å². The molecular formula is C12H16N2O2. The first-order valence-electron chi connectivity index (χ1n) is 5.54. The molecule has 1 atom stereocenters. The summed E-state index contributed by atoms with van der Waals surface area (Å²) in [7, 11) is 0. The Morgan fingerprint density at radius 1 is 1.44 bits per heavy atom. The second-order valence-corrected chi connectivity index (χ2v) is 4.45. The summed E-state index contributed by atoms with van der Waals surface area (Å²) < 4.78 is 0. The number of carbonyl (C=O) groups is 2. The number of Topliss-reactive ketones (excluding diaryl/α,β-unsaturated/α-hetero) is 1. The zero-order chi connectivity index (χ0) is 11.9. The highest BCUT2D eigenvalue weighted by Crippen LogP contribution is 2.23. The molecule has 86 valence electrons. The van der Waals surface area contributed by atoms with Crippen molar-refractivity contribution in [3.05, 3.63) is 22.5 Å². The van der Waals surface area contributed by atoms with Gasteiger partial charge in [0, 0.05) is 17.3 Å². The van der Waals surface area contributed by atoms with Crippen molar-refractivity contribution in [1.29, 1.82) is 0 Å². The second kappa shape index (κ2) is 3.77. The van der Waals surface area contributed by atoms with Crippen LogP contribution in [-0.2, 0) is 6.42 Å². The molecule has 16 heavy (non-hydrogen) atoms. The van der Waals surface area contributed by atoms with E-state index in [0.29, 0.717) is 11.3 Å². The Labute approximate surface area is 94.4 Å². The van der Waals surface area contributed by atoms with Gasteiger partial charge in [0.1, 0.15) is 5.69 Å². The summed E-state index contributed by atoms with van der Waals surface area (Å²) in [6.45, 7) is 5.36. The molecule has 0 aliphatic carbocycles. The molecule has 4 heteroatoms. The number of rotatable bonds is 1. The molecule has 2 rings (SSSR count). The zero-order valence-electron chi connectivity index (χ0n) is 9.81. The second-order valence-electron chi connectivity index (χ2n) is 4.45. The first-order valence-corrected chi connectivity index (χ1v) is 5.54. The van der Waals surface area contributed by atoms with E-state index in [1.165, 1.54) is 0 Å². The van der Waals surface area contributed by atoms with E-state index < -0.39 is 0 Å². The van der Waals surface area contributed by atoms with Gasteiger partial charge in [0.15, 0.2) is 5.78 Å². The normalized spacial score (nSPS) is 19.9. The lowest BCUT2D eigenvalue weighted by atomic mass is 10.0. The number of aryl methyl sites for hydroxylation is 1. The molecule has 1 aromatic heterocycles. The summed E-state index contributed by atoms with van der Waals surface area (Å²) in [5.41, 5.74) is 2.93. The Bertz CT molecular complexity index is 460. The number of carbonyl (C=O) groups excluding carboxylic acids is 2. The quantitative estimate of drug-likeness (QED) is 0.706. The van der Waals surface area contributed by atoms with Crippen LogP contribution in [0.3, 0.4) is 0 Å². The number of aromatic amines is 1. The standard InChI is InChI=1S/C12H16N2O2/c1-6-4-5-9-10(8(3)15)7(2)14-11(9)12(16)13-6/h6,14H,4-5H2,1-3H3,(H,13,16). The first-order chi connectivity index (χ1) is 7.50. The SMILES string of the molecule is CC(=O)c1c(C)[nH]c2c1CCC(C)NC2=O. The zero-order valence-corrected chi connectivity index (χ0v) is 9.81. The Morgan fingerprint density at radius 2 is 2.12 bits per heavy atom. The fourth-order valence-corrected chi connectivity index (χ4v) is 2.33. The molecule has 1 unspecified atom stereocenters. The molecule has 1 aliphatic rings. The van der Waals surface area contributed by atoms with Gasteiger partial charge in [0.25, 0.3) is 5.91 Å². The van der Waals surface area contributed by atoms with Crippen molar-refractivity contribution in [2.45, 2.75) is 39.7 Å². The molecule has 0 saturated heterocycles. The molecule has 4 nitrogen and oxygen atoms in total. The third kappa shape index (κ3) is 1.64. The maximum absolute atomic E-state index is 11.9. The van der Waals surface area contributed by atoms with E-state index in [0.717, 1.165) is 24.1 Å². The average molecular weight is 220 g/mol. The molecule has 1 aliphatic heterocycles. The molecule has 0 spiro atoms. The summed E-state index contributed by atoms with van der Waals surface area (Å²) in [6.07, 6.45) is 1.64. The van der Waals surface area contributed by atoms with Crippen LogP contribution in [-0.4, -0.2) is 22.7 Å². The lowest BCUT2D eigenvalue weighted by Gasteiger charge is -2.08. The van der Waals surface area contributed by atoms with Crippen LogP contribution in [0.25, 0.3) is 0 Å². The van der Waals surface area contributed by atoms with Gasteiger partial charge in [-0.2, -0.15) is 0 Å². The summed E-state index contributed by atoms with van der Waals surface area (Å²) >= 11 is 0. The molecular weight excluding hydrogens is 204 g/mol. The molecule has 0 aromatic carbocycles. The summed E-state index contributed by atoms with van der Waals surface area (Å²) in [6, 6.07) is 0.161. The number of H-pyrrole nitrogens is 1. The Hall–Kier alpha value is -1.58. The fraction of sp³-hybridized carbons (Fsp3) is 0.500. The van der Waals surface area contributed by atoms with Crippen molar-refractivity contribution in [3.8, 4) is 0 Å². The maximum atomic E-state index is 11.9. The van der Waals surface area contributed by atoms with Gasteiger partial charge in [0.05, 0.1) is 0 Å². The predicted octanol–water partition coefficient (Wildman–Crippen LogP) is 1.59. The van der Waals surface area contributed by atoms with Crippen LogP contribution in [0.1, 0.15) is 52.4 Å². The number of amides is 1. The number of aromatic nitrogens is 1. The van der Waals surface area contributed by atoms with Gasteiger partial charge in [-0.05, 0) is 39.2 Å². The molecule has 0 fully saturated rings. The van der Waals surface area contributed by atoms with E-state index in [1.807, 2.05) is 13.8 Å². The number of fused-ring (bicyclic) bond motifs is 1. The molecule has 1 amide bonds. The van der Waals surface area contributed by atoms with Gasteiger partial charge in [-0.15, -0.1) is 0 Å². The van der Waals surface area contributed by atoms with Gasteiger partial charge >= 0.3 is 0 Å². The first kappa shape index (κ1) is 10.9. The number of ketones is 1. The molecule has 2 heterocycles. The molecule has 1 aromatic rings. The monoisotopic (exact) mass is 220 g/mol. The van der Waals surface area contributed by atoms with E-state index in [2.05, 4.69) is 10.3 Å². The van der Waals surface area contributed by atoms with Gasteiger partial charge in [-0.1, -0.05) is 0 Å². The van der Waals surface area contributed by atoms with Crippen LogP contribution < -0.4 is 5.32 Å². The van der Waals surface area contributed by atoms with E-state index in [9.17, 15) is 9.59 Å². The van der Waals surface area contributed by atoms with Gasteiger partial charge in [-0.25, -0.2) is 0 Å². The molecule has 0 saturated carbocycles. The van der Waals surface area contributed by atoms with E-state index in [4.69, 9.17) is 0 Å². The summed E-state index contributed by atoms with van der Waals surface area (Å²) in [4.78, 5) is 26.4. The average Bonchev–Trinajstić information content (AvgIpc) is 2.45. The highest BCUT2D eigenvalue weighted by molar-refractivity contribution is 6.03. The fourth-order valence-electron chi connectivity index (χ4n) is 2.33. The number of hydrogen-bond donors (Lipinski definition) is 2. The highest BCUT2D eigenvalue weighted by atomic mass is 16.2. The molecule has 2 N–H and O–H groups in total. The van der Waals surface area contributed by atoms with Gasteiger partial charge in [-0.3, -0.25) is 9.59 Å². The van der Waals surface area contributed by atoms with Gasteiger partial charge in [0.2, 0.25) is 0 Å². The smallest absolute Gasteiger partial charge is 0.268 e. The van der Waals surface area contributed by atoms with Crippen LogP contribution in [0.4, 0.5) is 0 Å². The summed E-state index contributed by atoms with van der Waals surface area (Å²) in [5, 5.41) is 2.90. The minimum absolute atomic E-state index is 0.0253. The van der Waals surface area contributed by atoms with Crippen LogP contribution in [0.2, 0.25) is 0 Å².